The van der Waals surface area contributed by atoms with Crippen LogP contribution in [0, 0.1) is 0 Å². The second-order valence-electron chi connectivity index (χ2n) is 5.65. The molecule has 0 unspecified atom stereocenters. The van der Waals surface area contributed by atoms with Crippen LogP contribution >= 0.6 is 7.60 Å². The minimum absolute atomic E-state index is 0.393. The molecular formula is C15H33O3P. The Kier molecular flexibility index (Phi) is 12.0. The van der Waals surface area contributed by atoms with E-state index in [-0.39, 0.29) is 0 Å². The van der Waals surface area contributed by atoms with Crippen LogP contribution in [0.2, 0.25) is 0 Å². The van der Waals surface area contributed by atoms with Crippen LogP contribution in [0.5, 0.6) is 0 Å². The van der Waals surface area contributed by atoms with E-state index in [0.717, 1.165) is 25.7 Å². The maximum Gasteiger partial charge on any atom is 0.328 e. The molecule has 0 aliphatic carbocycles. The van der Waals surface area contributed by atoms with Crippen LogP contribution in [-0.2, 0) is 4.57 Å². The van der Waals surface area contributed by atoms with Gasteiger partial charge in [-0.2, -0.15) is 0 Å². The molecule has 0 saturated heterocycles. The molecule has 0 heterocycles. The molecule has 0 saturated carbocycles. The average molecular weight is 292 g/mol. The molecule has 0 aromatic carbocycles. The lowest BCUT2D eigenvalue weighted by Crippen LogP contribution is -2.08. The summed E-state index contributed by atoms with van der Waals surface area (Å²) < 4.78 is 11.5. The van der Waals surface area contributed by atoms with E-state index in [4.69, 9.17) is 0 Å². The summed E-state index contributed by atoms with van der Waals surface area (Å²) in [6, 6.07) is 0. The molecule has 0 aliphatic rings. The van der Waals surface area contributed by atoms with Crippen molar-refractivity contribution < 1.29 is 14.4 Å². The summed E-state index contributed by atoms with van der Waals surface area (Å²) in [5.74, 6) is 0. The van der Waals surface area contributed by atoms with Crippen molar-refractivity contribution in [2.75, 3.05) is 0 Å². The molecule has 0 fully saturated rings. The van der Waals surface area contributed by atoms with Gasteiger partial charge in [0, 0.05) is 0 Å². The van der Waals surface area contributed by atoms with Gasteiger partial charge >= 0.3 is 7.60 Å². The monoisotopic (exact) mass is 292 g/mol. The molecule has 116 valence electrons. The molecule has 0 spiro atoms. The van der Waals surface area contributed by atoms with Gasteiger partial charge in [-0.05, 0) is 12.8 Å². The molecule has 0 aromatic heterocycles. The van der Waals surface area contributed by atoms with E-state index < -0.39 is 13.3 Å². The van der Waals surface area contributed by atoms with Crippen LogP contribution in [0.4, 0.5) is 0 Å². The van der Waals surface area contributed by atoms with Crippen molar-refractivity contribution in [3.8, 4) is 0 Å². The molecule has 0 bridgehead atoms. The first-order valence-corrected chi connectivity index (χ1v) is 9.75. The summed E-state index contributed by atoms with van der Waals surface area (Å²) in [6.45, 7) is 4.35. The largest absolute Gasteiger partial charge is 0.328 e. The number of hydrogen-bond acceptors (Lipinski definition) is 1. The van der Waals surface area contributed by atoms with Crippen molar-refractivity contribution in [1.29, 1.82) is 0 Å². The first kappa shape index (κ1) is 19.1. The molecule has 0 aromatic rings. The van der Waals surface area contributed by atoms with E-state index in [1.54, 1.807) is 0 Å². The van der Waals surface area contributed by atoms with Crippen molar-refractivity contribution in [2.45, 2.75) is 96.6 Å². The van der Waals surface area contributed by atoms with Crippen LogP contribution in [0.15, 0.2) is 0 Å². The predicted octanol–water partition coefficient (Wildman–Crippen LogP) is 5.25. The first-order valence-electron chi connectivity index (χ1n) is 8.07. The maximum absolute atomic E-state index is 11.5. The zero-order valence-electron chi connectivity index (χ0n) is 12.8. The lowest BCUT2D eigenvalue weighted by Gasteiger charge is -2.18. The van der Waals surface area contributed by atoms with Gasteiger partial charge in [0.05, 0.1) is 5.66 Å². The highest BCUT2D eigenvalue weighted by Gasteiger charge is 2.27. The van der Waals surface area contributed by atoms with Crippen molar-refractivity contribution in [1.82, 2.24) is 0 Å². The molecule has 4 heteroatoms. The van der Waals surface area contributed by atoms with E-state index in [2.05, 4.69) is 13.8 Å². The quantitative estimate of drug-likeness (QED) is 0.360. The topological polar surface area (TPSA) is 57.5 Å². The van der Waals surface area contributed by atoms with Crippen molar-refractivity contribution in [2.24, 2.45) is 0 Å². The number of unbranched alkanes of at least 4 members (excludes halogenated alkanes) is 8. The zero-order chi connectivity index (χ0) is 14.6. The minimum Gasteiger partial charge on any atom is -0.324 e. The van der Waals surface area contributed by atoms with Gasteiger partial charge in [0.15, 0.2) is 0 Å². The van der Waals surface area contributed by atoms with Gasteiger partial charge in [-0.15, -0.1) is 0 Å². The van der Waals surface area contributed by atoms with Crippen LogP contribution in [0.25, 0.3) is 0 Å². The molecule has 0 aliphatic heterocycles. The molecule has 19 heavy (non-hydrogen) atoms. The lowest BCUT2D eigenvalue weighted by molar-refractivity contribution is 0.345. The van der Waals surface area contributed by atoms with Crippen LogP contribution in [0.3, 0.4) is 0 Å². The Labute approximate surface area is 119 Å². The molecule has 0 amide bonds. The Morgan fingerprint density at radius 2 is 1.11 bits per heavy atom. The summed E-state index contributed by atoms with van der Waals surface area (Å²) in [6.07, 6.45) is 12.8. The average Bonchev–Trinajstić information content (AvgIpc) is 2.34. The third-order valence-electron chi connectivity index (χ3n) is 3.76. The molecule has 3 nitrogen and oxygen atoms in total. The SMILES string of the molecule is CCCCCCCC(CCCCCCC)P(=O)(O)O. The number of hydrogen-bond donors (Lipinski definition) is 2. The van der Waals surface area contributed by atoms with Gasteiger partial charge < -0.3 is 9.79 Å². The normalized spacial score (nSPS) is 12.3. The van der Waals surface area contributed by atoms with E-state index in [0.29, 0.717) is 12.8 Å². The Morgan fingerprint density at radius 1 is 0.737 bits per heavy atom. The minimum atomic E-state index is -3.89. The van der Waals surface area contributed by atoms with Gasteiger partial charge in [0.1, 0.15) is 0 Å². The Balaban J connectivity index is 3.81. The van der Waals surface area contributed by atoms with Crippen LogP contribution in [0.1, 0.15) is 90.9 Å². The highest BCUT2D eigenvalue weighted by molar-refractivity contribution is 7.52. The summed E-state index contributed by atoms with van der Waals surface area (Å²) in [4.78, 5) is 18.8. The van der Waals surface area contributed by atoms with Gasteiger partial charge in [0.25, 0.3) is 0 Å². The fourth-order valence-corrected chi connectivity index (χ4v) is 3.49. The Morgan fingerprint density at radius 3 is 1.42 bits per heavy atom. The third-order valence-corrected chi connectivity index (χ3v) is 5.23. The molecule has 2 N–H and O–H groups in total. The van der Waals surface area contributed by atoms with E-state index in [9.17, 15) is 14.4 Å². The lowest BCUT2D eigenvalue weighted by atomic mass is 10.0. The molecule has 0 rings (SSSR count). The van der Waals surface area contributed by atoms with E-state index in [1.807, 2.05) is 0 Å². The van der Waals surface area contributed by atoms with Gasteiger partial charge in [-0.25, -0.2) is 0 Å². The van der Waals surface area contributed by atoms with Crippen molar-refractivity contribution in [3.63, 3.8) is 0 Å². The summed E-state index contributed by atoms with van der Waals surface area (Å²) in [5, 5.41) is 0. The molecular weight excluding hydrogens is 259 g/mol. The predicted molar refractivity (Wildman–Crippen MR) is 82.6 cm³/mol. The summed E-state index contributed by atoms with van der Waals surface area (Å²) in [7, 11) is -3.89. The van der Waals surface area contributed by atoms with Gasteiger partial charge in [0.2, 0.25) is 0 Å². The van der Waals surface area contributed by atoms with Crippen LogP contribution in [-0.4, -0.2) is 15.4 Å². The molecule has 0 atom stereocenters. The fraction of sp³-hybridized carbons (Fsp3) is 1.00. The zero-order valence-corrected chi connectivity index (χ0v) is 13.7. The third kappa shape index (κ3) is 11.7. The first-order chi connectivity index (χ1) is 9.02. The van der Waals surface area contributed by atoms with E-state index in [1.165, 1.54) is 38.5 Å². The highest BCUT2D eigenvalue weighted by Crippen LogP contribution is 2.46. The Bertz CT molecular complexity index is 224. The van der Waals surface area contributed by atoms with Gasteiger partial charge in [-0.3, -0.25) is 4.57 Å². The molecule has 0 radical (unpaired) electrons. The van der Waals surface area contributed by atoms with Crippen molar-refractivity contribution in [3.05, 3.63) is 0 Å². The van der Waals surface area contributed by atoms with Gasteiger partial charge in [-0.1, -0.05) is 78.1 Å². The van der Waals surface area contributed by atoms with Crippen LogP contribution < -0.4 is 0 Å². The maximum atomic E-state index is 11.5. The smallest absolute Gasteiger partial charge is 0.324 e. The second kappa shape index (κ2) is 11.9. The Hall–Kier alpha value is 0.150. The second-order valence-corrected chi connectivity index (χ2v) is 7.56. The number of rotatable bonds is 13. The van der Waals surface area contributed by atoms with E-state index >= 15 is 0 Å². The summed E-state index contributed by atoms with van der Waals surface area (Å²) >= 11 is 0. The highest BCUT2D eigenvalue weighted by atomic mass is 31.2. The standard InChI is InChI=1S/C15H33O3P/c1-3-5-7-9-11-13-15(19(16,17)18)14-12-10-8-6-4-2/h15H,3-14H2,1-2H3,(H2,16,17,18). The fourth-order valence-electron chi connectivity index (χ4n) is 2.45. The van der Waals surface area contributed by atoms with Crippen molar-refractivity contribution >= 4 is 7.60 Å². The summed E-state index contributed by atoms with van der Waals surface area (Å²) in [5.41, 5.74) is -0.393.